The van der Waals surface area contributed by atoms with Crippen LogP contribution in [-0.4, -0.2) is 93.6 Å². The molecule has 36 heavy (non-hydrogen) atoms. The number of carbonyl (C=O) groups excluding carboxylic acids is 3. The lowest BCUT2D eigenvalue weighted by Gasteiger charge is -2.39. The Kier molecular flexibility index (Phi) is 8.71. The Labute approximate surface area is 216 Å². The molecule has 0 aliphatic carbocycles. The Hall–Kier alpha value is -2.19. The van der Waals surface area contributed by atoms with Crippen molar-refractivity contribution in [1.29, 1.82) is 0 Å². The third kappa shape index (κ3) is 4.30. The van der Waals surface area contributed by atoms with E-state index < -0.39 is 35.1 Å². The number of nitrogens with zero attached hydrogens (tertiary/aromatic N) is 3. The van der Waals surface area contributed by atoms with Gasteiger partial charge in [0.2, 0.25) is 17.7 Å². The smallest absolute Gasteiger partial charge is 0.248 e. The number of aliphatic hydroxyl groups excluding tert-OH is 1. The van der Waals surface area contributed by atoms with Crippen LogP contribution in [0.2, 0.25) is 0 Å². The number of fused-ring (bicyclic) bond motifs is 1. The topological polar surface area (TPSA) is 90.4 Å². The molecule has 3 heterocycles. The zero-order valence-corrected chi connectivity index (χ0v) is 22.7. The van der Waals surface area contributed by atoms with Crippen molar-refractivity contribution in [2.75, 3.05) is 32.8 Å². The van der Waals surface area contributed by atoms with E-state index in [2.05, 4.69) is 20.1 Å². The van der Waals surface area contributed by atoms with E-state index in [9.17, 15) is 19.5 Å². The van der Waals surface area contributed by atoms with Gasteiger partial charge in [0.05, 0.1) is 30.1 Å². The van der Waals surface area contributed by atoms with Crippen LogP contribution < -0.4 is 0 Å². The Bertz CT molecular complexity index is 877. The SMILES string of the molecule is C=CCN(CCCC)C(=O)C1N([C@H](C)CO)C(=O)[C@@H]2[C@H](C(=O)N(CC=C)CCC)[C@@]3(C)OC12CC3C. The number of unbranched alkanes of at least 4 members (excludes halogenated alkanes) is 1. The fourth-order valence-corrected chi connectivity index (χ4v) is 6.78. The molecule has 3 unspecified atom stereocenters. The van der Waals surface area contributed by atoms with Crippen LogP contribution in [0.5, 0.6) is 0 Å². The molecule has 8 heteroatoms. The summed E-state index contributed by atoms with van der Waals surface area (Å²) in [6, 6.07) is -1.47. The normalized spacial score (nSPS) is 33.4. The lowest BCUT2D eigenvalue weighted by atomic mass is 9.62. The number of rotatable bonds is 13. The van der Waals surface area contributed by atoms with E-state index in [1.165, 1.54) is 4.90 Å². The van der Waals surface area contributed by atoms with Crippen LogP contribution >= 0.6 is 0 Å². The van der Waals surface area contributed by atoms with Gasteiger partial charge in [0.1, 0.15) is 11.6 Å². The fraction of sp³-hybridized carbons (Fsp3) is 0.750. The summed E-state index contributed by atoms with van der Waals surface area (Å²) in [4.78, 5) is 47.3. The van der Waals surface area contributed by atoms with Crippen molar-refractivity contribution >= 4 is 17.7 Å². The minimum atomic E-state index is -1.11. The number of hydrogen-bond acceptors (Lipinski definition) is 5. The maximum Gasteiger partial charge on any atom is 0.248 e. The number of ether oxygens (including phenoxy) is 1. The molecule has 2 bridgehead atoms. The summed E-state index contributed by atoms with van der Waals surface area (Å²) in [6.45, 7) is 19.0. The molecular weight excluding hydrogens is 458 g/mol. The maximum absolute atomic E-state index is 14.2. The molecule has 3 aliphatic heterocycles. The van der Waals surface area contributed by atoms with Crippen LogP contribution in [-0.2, 0) is 19.1 Å². The van der Waals surface area contributed by atoms with Gasteiger partial charge in [-0.15, -0.1) is 13.2 Å². The highest BCUT2D eigenvalue weighted by Crippen LogP contribution is 2.65. The minimum absolute atomic E-state index is 0.0223. The molecule has 3 fully saturated rings. The van der Waals surface area contributed by atoms with Crippen LogP contribution in [0.4, 0.5) is 0 Å². The molecule has 0 aromatic carbocycles. The summed E-state index contributed by atoms with van der Waals surface area (Å²) in [6.07, 6.45) is 6.45. The average Bonchev–Trinajstić information content (AvgIpc) is 3.37. The number of amides is 3. The second-order valence-electron chi connectivity index (χ2n) is 11.0. The van der Waals surface area contributed by atoms with Crippen molar-refractivity contribution in [2.45, 2.75) is 83.6 Å². The molecular formula is C28H45N3O5. The molecule has 1 N–H and O–H groups in total. The van der Waals surface area contributed by atoms with Gasteiger partial charge in [-0.2, -0.15) is 0 Å². The number of aliphatic hydroxyl groups is 1. The first-order valence-electron chi connectivity index (χ1n) is 13.5. The van der Waals surface area contributed by atoms with E-state index in [1.807, 2.05) is 20.8 Å². The van der Waals surface area contributed by atoms with Crippen LogP contribution in [0.25, 0.3) is 0 Å². The summed E-state index contributed by atoms with van der Waals surface area (Å²) < 4.78 is 6.79. The van der Waals surface area contributed by atoms with Crippen molar-refractivity contribution in [3.05, 3.63) is 25.3 Å². The summed E-state index contributed by atoms with van der Waals surface area (Å²) in [5.74, 6) is -2.07. The van der Waals surface area contributed by atoms with Gasteiger partial charge in [0.25, 0.3) is 0 Å². The first-order chi connectivity index (χ1) is 17.1. The third-order valence-electron chi connectivity index (χ3n) is 8.59. The molecule has 0 aromatic heterocycles. The lowest BCUT2D eigenvalue weighted by molar-refractivity contribution is -0.157. The van der Waals surface area contributed by atoms with Crippen molar-refractivity contribution in [1.82, 2.24) is 14.7 Å². The van der Waals surface area contributed by atoms with Crippen LogP contribution in [0.3, 0.4) is 0 Å². The second kappa shape index (κ2) is 11.1. The Morgan fingerprint density at radius 3 is 2.31 bits per heavy atom. The van der Waals surface area contributed by atoms with E-state index in [0.717, 1.165) is 19.3 Å². The predicted octanol–water partition coefficient (Wildman–Crippen LogP) is 2.62. The highest BCUT2D eigenvalue weighted by atomic mass is 16.5. The first kappa shape index (κ1) is 28.4. The minimum Gasteiger partial charge on any atom is -0.394 e. The molecule has 3 saturated heterocycles. The van der Waals surface area contributed by atoms with E-state index in [0.29, 0.717) is 32.6 Å². The molecule has 8 nitrogen and oxygen atoms in total. The summed E-state index contributed by atoms with van der Waals surface area (Å²) in [5.41, 5.74) is -1.96. The molecule has 1 spiro atoms. The molecule has 0 aromatic rings. The molecule has 0 radical (unpaired) electrons. The molecule has 3 rings (SSSR count). The van der Waals surface area contributed by atoms with Crippen LogP contribution in [0, 0.1) is 17.8 Å². The highest BCUT2D eigenvalue weighted by molar-refractivity contribution is 5.99. The van der Waals surface area contributed by atoms with Gasteiger partial charge >= 0.3 is 0 Å². The fourth-order valence-electron chi connectivity index (χ4n) is 6.78. The van der Waals surface area contributed by atoms with Gasteiger partial charge in [-0.1, -0.05) is 39.3 Å². The largest absolute Gasteiger partial charge is 0.394 e. The van der Waals surface area contributed by atoms with Gasteiger partial charge in [0, 0.05) is 26.2 Å². The average molecular weight is 504 g/mol. The third-order valence-corrected chi connectivity index (χ3v) is 8.59. The highest BCUT2D eigenvalue weighted by Gasteiger charge is 2.80. The molecule has 3 aliphatic rings. The Morgan fingerprint density at radius 1 is 1.17 bits per heavy atom. The molecule has 202 valence electrons. The van der Waals surface area contributed by atoms with Crippen molar-refractivity contribution in [3.63, 3.8) is 0 Å². The number of hydrogen-bond donors (Lipinski definition) is 1. The standard InChI is InChI=1S/C28H45N3O5/c1-8-12-16-30(15-11-4)26(35)23-28-17-19(5)27(7,36-28)21(24(33)29(13-9-2)14-10-3)22(28)25(34)31(23)20(6)18-32/h9,11,19-23,32H,2,4,8,10,12-18H2,1,3,5-7H3/t19?,20-,21-,22+,23?,27+,28?/m1/s1. The zero-order valence-electron chi connectivity index (χ0n) is 22.7. The van der Waals surface area contributed by atoms with E-state index in [4.69, 9.17) is 4.74 Å². The van der Waals surface area contributed by atoms with Gasteiger partial charge in [-0.3, -0.25) is 14.4 Å². The summed E-state index contributed by atoms with van der Waals surface area (Å²) >= 11 is 0. The van der Waals surface area contributed by atoms with Gasteiger partial charge < -0.3 is 24.5 Å². The monoisotopic (exact) mass is 503 g/mol. The van der Waals surface area contributed by atoms with E-state index >= 15 is 0 Å². The van der Waals surface area contributed by atoms with E-state index in [1.54, 1.807) is 28.9 Å². The van der Waals surface area contributed by atoms with Gasteiger partial charge in [0.15, 0.2) is 0 Å². The quantitative estimate of drug-likeness (QED) is 0.390. The van der Waals surface area contributed by atoms with Crippen LogP contribution in [0.15, 0.2) is 25.3 Å². The first-order valence-corrected chi connectivity index (χ1v) is 13.5. The summed E-state index contributed by atoms with van der Waals surface area (Å²) in [7, 11) is 0. The Balaban J connectivity index is 2.13. The van der Waals surface area contributed by atoms with Gasteiger partial charge in [-0.25, -0.2) is 0 Å². The van der Waals surface area contributed by atoms with Crippen molar-refractivity contribution < 1.29 is 24.2 Å². The van der Waals surface area contributed by atoms with Crippen molar-refractivity contribution in [2.24, 2.45) is 17.8 Å². The van der Waals surface area contributed by atoms with Crippen molar-refractivity contribution in [3.8, 4) is 0 Å². The summed E-state index contributed by atoms with van der Waals surface area (Å²) in [5, 5.41) is 10.1. The lowest BCUT2D eigenvalue weighted by Crippen LogP contribution is -2.58. The van der Waals surface area contributed by atoms with Gasteiger partial charge in [-0.05, 0) is 39.0 Å². The molecule has 3 amide bonds. The number of carbonyl (C=O) groups is 3. The van der Waals surface area contributed by atoms with E-state index in [-0.39, 0.29) is 30.2 Å². The Morgan fingerprint density at radius 2 is 1.78 bits per heavy atom. The second-order valence-corrected chi connectivity index (χ2v) is 11.0. The predicted molar refractivity (Wildman–Crippen MR) is 139 cm³/mol. The van der Waals surface area contributed by atoms with Crippen LogP contribution in [0.1, 0.15) is 60.3 Å². The number of likely N-dealkylation sites (tertiary alicyclic amines) is 1. The molecule has 7 atom stereocenters. The molecule has 0 saturated carbocycles. The maximum atomic E-state index is 14.2. The zero-order chi connectivity index (χ0) is 26.8.